The maximum absolute atomic E-state index is 4.09. The number of nitrogens with zero attached hydrogens (tertiary/aromatic N) is 1. The fraction of sp³-hybridized carbons (Fsp3) is 0.212. The summed E-state index contributed by atoms with van der Waals surface area (Å²) < 4.78 is 0. The van der Waals surface area contributed by atoms with Gasteiger partial charge >= 0.3 is 0 Å². The predicted octanol–water partition coefficient (Wildman–Crippen LogP) is 9.22. The Kier molecular flexibility index (Phi) is 8.49. The van der Waals surface area contributed by atoms with Gasteiger partial charge in [0, 0.05) is 22.5 Å². The van der Waals surface area contributed by atoms with Gasteiger partial charge in [-0.15, -0.1) is 0 Å². The molecule has 0 heterocycles. The van der Waals surface area contributed by atoms with Crippen LogP contribution in [0, 0.1) is 6.92 Å². The maximum atomic E-state index is 4.09. The summed E-state index contributed by atoms with van der Waals surface area (Å²) in [4.78, 5) is 2.26. The zero-order valence-corrected chi connectivity index (χ0v) is 21.1. The number of anilines is 2. The highest BCUT2D eigenvalue weighted by Crippen LogP contribution is 2.38. The molecule has 0 aliphatic heterocycles. The molecule has 0 spiro atoms. The third-order valence-electron chi connectivity index (χ3n) is 6.43. The molecule has 0 radical (unpaired) electrons. The molecule has 0 saturated carbocycles. The van der Waals surface area contributed by atoms with Crippen LogP contribution in [0.1, 0.15) is 49.4 Å². The highest BCUT2D eigenvalue weighted by atomic mass is 15.1. The first-order chi connectivity index (χ1) is 16.4. The summed E-state index contributed by atoms with van der Waals surface area (Å²) in [6, 6.07) is 26.3. The van der Waals surface area contributed by atoms with Gasteiger partial charge in [0.25, 0.3) is 0 Å². The zero-order chi connectivity index (χ0) is 24.6. The van der Waals surface area contributed by atoms with Crippen LogP contribution in [0.25, 0.3) is 0 Å². The van der Waals surface area contributed by atoms with E-state index in [1.807, 2.05) is 18.2 Å². The van der Waals surface area contributed by atoms with Gasteiger partial charge in [-0.3, -0.25) is 0 Å². The van der Waals surface area contributed by atoms with Crippen LogP contribution in [0.3, 0.4) is 0 Å². The van der Waals surface area contributed by atoms with E-state index < -0.39 is 0 Å². The summed E-state index contributed by atoms with van der Waals surface area (Å²) >= 11 is 0. The number of hydrogen-bond donors (Lipinski definition) is 0. The lowest BCUT2D eigenvalue weighted by atomic mass is 9.76. The van der Waals surface area contributed by atoms with Crippen molar-refractivity contribution in [1.82, 2.24) is 0 Å². The average Bonchev–Trinajstić information content (AvgIpc) is 2.86. The van der Waals surface area contributed by atoms with E-state index in [-0.39, 0.29) is 5.41 Å². The van der Waals surface area contributed by atoms with Gasteiger partial charge in [0.1, 0.15) is 0 Å². The minimum Gasteiger partial charge on any atom is -0.311 e. The van der Waals surface area contributed by atoms with Crippen LogP contribution in [0.5, 0.6) is 0 Å². The highest BCUT2D eigenvalue weighted by molar-refractivity contribution is 5.72. The minimum atomic E-state index is -0.125. The lowest BCUT2D eigenvalue weighted by Gasteiger charge is -2.32. The monoisotopic (exact) mass is 447 g/mol. The van der Waals surface area contributed by atoms with Crippen LogP contribution < -0.4 is 4.90 Å². The number of allylic oxidation sites excluding steroid dienone is 5. The molecule has 1 heteroatoms. The summed E-state index contributed by atoms with van der Waals surface area (Å²) in [5.74, 6) is 0. The normalized spacial score (nSPS) is 12.1. The quantitative estimate of drug-likeness (QED) is 0.221. The number of hydrogen-bond acceptors (Lipinski definition) is 1. The first-order valence-corrected chi connectivity index (χ1v) is 12.0. The topological polar surface area (TPSA) is 3.24 Å². The van der Waals surface area contributed by atoms with Crippen molar-refractivity contribution in [2.45, 2.75) is 46.0 Å². The van der Waals surface area contributed by atoms with E-state index in [2.05, 4.69) is 131 Å². The second-order valence-corrected chi connectivity index (χ2v) is 9.13. The molecule has 0 aliphatic rings. The molecule has 174 valence electrons. The Morgan fingerprint density at radius 1 is 0.912 bits per heavy atom. The second-order valence-electron chi connectivity index (χ2n) is 9.13. The molecule has 0 saturated heterocycles. The van der Waals surface area contributed by atoms with Gasteiger partial charge in [-0.05, 0) is 85.4 Å². The Morgan fingerprint density at radius 2 is 1.59 bits per heavy atom. The fourth-order valence-corrected chi connectivity index (χ4v) is 4.46. The van der Waals surface area contributed by atoms with Crippen LogP contribution in [0.2, 0.25) is 0 Å². The maximum Gasteiger partial charge on any atom is 0.0464 e. The predicted molar refractivity (Wildman–Crippen MR) is 150 cm³/mol. The fourth-order valence-electron chi connectivity index (χ4n) is 4.46. The zero-order valence-electron chi connectivity index (χ0n) is 21.1. The van der Waals surface area contributed by atoms with Crippen LogP contribution in [0.4, 0.5) is 11.4 Å². The van der Waals surface area contributed by atoms with Crippen LogP contribution in [-0.4, -0.2) is 0 Å². The lowest BCUT2D eigenvalue weighted by molar-refractivity contribution is 0.636. The first-order valence-electron chi connectivity index (χ1n) is 12.0. The molecule has 0 bridgehead atoms. The van der Waals surface area contributed by atoms with Crippen molar-refractivity contribution >= 4 is 11.4 Å². The number of rotatable bonds is 10. The van der Waals surface area contributed by atoms with Crippen molar-refractivity contribution in [2.75, 3.05) is 4.90 Å². The number of benzene rings is 3. The van der Waals surface area contributed by atoms with Crippen molar-refractivity contribution in [2.24, 2.45) is 0 Å². The first kappa shape index (κ1) is 25.1. The summed E-state index contributed by atoms with van der Waals surface area (Å²) in [5, 5.41) is 0. The van der Waals surface area contributed by atoms with Crippen molar-refractivity contribution in [3.05, 3.63) is 144 Å². The largest absolute Gasteiger partial charge is 0.311 e. The van der Waals surface area contributed by atoms with E-state index in [1.165, 1.54) is 22.3 Å². The van der Waals surface area contributed by atoms with Gasteiger partial charge in [-0.25, -0.2) is 0 Å². The van der Waals surface area contributed by atoms with E-state index in [0.717, 1.165) is 29.9 Å². The van der Waals surface area contributed by atoms with Crippen molar-refractivity contribution in [1.29, 1.82) is 0 Å². The number of aryl methyl sites for hydroxylation is 2. The molecular formula is C33H37N. The van der Waals surface area contributed by atoms with E-state index >= 15 is 0 Å². The van der Waals surface area contributed by atoms with E-state index in [9.17, 15) is 0 Å². The van der Waals surface area contributed by atoms with Gasteiger partial charge in [0.05, 0.1) is 0 Å². The van der Waals surface area contributed by atoms with Crippen LogP contribution in [-0.2, 0) is 11.8 Å². The highest BCUT2D eigenvalue weighted by Gasteiger charge is 2.26. The minimum absolute atomic E-state index is 0.125. The smallest absolute Gasteiger partial charge is 0.0464 e. The standard InChI is InChI=1S/C33H37N/c1-7-10-12-16-27-20-23-30(24-21-27)34(29(9-3)15-8-2)31-22-19-26(4)32(25-31)33(5,6)28-17-13-11-14-18-28/h7-11,13-15,17-25H,2-3,12,16H2,1,4-6H3/b10-7+,29-15+. The molecule has 0 amide bonds. The molecular weight excluding hydrogens is 410 g/mol. The Morgan fingerprint density at radius 3 is 2.21 bits per heavy atom. The third-order valence-corrected chi connectivity index (χ3v) is 6.43. The Balaban J connectivity index is 2.09. The lowest BCUT2D eigenvalue weighted by Crippen LogP contribution is -2.22. The Labute approximate surface area is 206 Å². The molecule has 0 N–H and O–H groups in total. The van der Waals surface area contributed by atoms with Gasteiger partial charge in [0.15, 0.2) is 0 Å². The summed E-state index contributed by atoms with van der Waals surface area (Å²) in [7, 11) is 0. The molecule has 3 aromatic carbocycles. The SMILES string of the molecule is C=C/C=C(\C=C)N(c1ccc(CC/C=C/C)cc1)c1ccc(C)c(C(C)(C)c2ccccc2)c1. The average molecular weight is 448 g/mol. The molecule has 3 aromatic rings. The van der Waals surface area contributed by atoms with Crippen LogP contribution in [0.15, 0.2) is 122 Å². The van der Waals surface area contributed by atoms with E-state index in [4.69, 9.17) is 0 Å². The summed E-state index contributed by atoms with van der Waals surface area (Å²) in [6.07, 6.45) is 12.1. The second kappa shape index (κ2) is 11.5. The summed E-state index contributed by atoms with van der Waals surface area (Å²) in [5.41, 5.74) is 8.32. The van der Waals surface area contributed by atoms with Crippen LogP contribution >= 0.6 is 0 Å². The molecule has 34 heavy (non-hydrogen) atoms. The van der Waals surface area contributed by atoms with E-state index in [0.29, 0.717) is 0 Å². The molecule has 0 unspecified atom stereocenters. The van der Waals surface area contributed by atoms with Crippen molar-refractivity contribution in [3.63, 3.8) is 0 Å². The molecule has 1 nitrogen and oxygen atoms in total. The van der Waals surface area contributed by atoms with Crippen molar-refractivity contribution < 1.29 is 0 Å². The van der Waals surface area contributed by atoms with Gasteiger partial charge in [-0.1, -0.05) is 93.8 Å². The molecule has 0 atom stereocenters. The Hall–Kier alpha value is -3.58. The molecule has 0 aromatic heterocycles. The Bertz CT molecular complexity index is 1160. The van der Waals surface area contributed by atoms with Gasteiger partial charge in [0.2, 0.25) is 0 Å². The van der Waals surface area contributed by atoms with Crippen molar-refractivity contribution in [3.8, 4) is 0 Å². The molecule has 3 rings (SSSR count). The van der Waals surface area contributed by atoms with E-state index in [1.54, 1.807) is 0 Å². The molecule has 0 fully saturated rings. The summed E-state index contributed by atoms with van der Waals surface area (Å²) in [6.45, 7) is 16.9. The molecule has 0 aliphatic carbocycles. The van der Waals surface area contributed by atoms with Gasteiger partial charge in [-0.2, -0.15) is 0 Å². The van der Waals surface area contributed by atoms with Gasteiger partial charge < -0.3 is 4.90 Å². The third kappa shape index (κ3) is 5.66.